The molecule has 1 aromatic carbocycles. The Balaban J connectivity index is 2.27. The lowest BCUT2D eigenvalue weighted by molar-refractivity contribution is -0.140. The second-order valence-electron chi connectivity index (χ2n) is 4.24. The molecule has 0 aliphatic heterocycles. The number of carboxylic acid groups (broad SMARTS) is 1. The Morgan fingerprint density at radius 2 is 1.81 bits per heavy atom. The first-order chi connectivity index (χ1) is 7.60. The summed E-state index contributed by atoms with van der Waals surface area (Å²) < 4.78 is 0. The lowest BCUT2D eigenvalue weighted by Crippen LogP contribution is -2.19. The fourth-order valence-electron chi connectivity index (χ4n) is 1.93. The molecule has 1 aliphatic rings. The summed E-state index contributed by atoms with van der Waals surface area (Å²) in [4.78, 5) is 22.5. The zero-order valence-electron chi connectivity index (χ0n) is 9.19. The van der Waals surface area contributed by atoms with Crippen molar-refractivity contribution < 1.29 is 14.7 Å². The van der Waals surface area contributed by atoms with Crippen molar-refractivity contribution in [2.24, 2.45) is 0 Å². The van der Waals surface area contributed by atoms with Crippen LogP contribution in [0.25, 0.3) is 0 Å². The monoisotopic (exact) mass is 218 g/mol. The first kappa shape index (κ1) is 10.9. The molecule has 0 unspecified atom stereocenters. The van der Waals surface area contributed by atoms with E-state index >= 15 is 0 Å². The van der Waals surface area contributed by atoms with Crippen molar-refractivity contribution in [3.05, 3.63) is 35.4 Å². The van der Waals surface area contributed by atoms with Gasteiger partial charge >= 0.3 is 5.97 Å². The molecule has 0 amide bonds. The van der Waals surface area contributed by atoms with Gasteiger partial charge in [-0.25, -0.2) is 0 Å². The van der Waals surface area contributed by atoms with Crippen molar-refractivity contribution in [2.75, 3.05) is 0 Å². The van der Waals surface area contributed by atoms with Crippen LogP contribution in [0.3, 0.4) is 0 Å². The smallest absolute Gasteiger partial charge is 0.314 e. The van der Waals surface area contributed by atoms with Gasteiger partial charge in [-0.1, -0.05) is 31.2 Å². The van der Waals surface area contributed by atoms with Crippen LogP contribution < -0.4 is 0 Å². The van der Waals surface area contributed by atoms with Crippen molar-refractivity contribution >= 4 is 11.8 Å². The van der Waals surface area contributed by atoms with E-state index < -0.39 is 11.4 Å². The molecule has 0 aromatic heterocycles. The minimum Gasteiger partial charge on any atom is -0.481 e. The topological polar surface area (TPSA) is 54.4 Å². The zero-order chi connectivity index (χ0) is 11.8. The minimum atomic E-state index is -0.762. The largest absolute Gasteiger partial charge is 0.481 e. The van der Waals surface area contributed by atoms with Crippen molar-refractivity contribution in [3.63, 3.8) is 0 Å². The molecule has 1 N–H and O–H groups in total. The summed E-state index contributed by atoms with van der Waals surface area (Å²) in [6.45, 7) is 1.82. The van der Waals surface area contributed by atoms with Crippen molar-refractivity contribution in [1.29, 1.82) is 0 Å². The van der Waals surface area contributed by atoms with Gasteiger partial charge in [0.15, 0.2) is 5.78 Å². The molecule has 3 heteroatoms. The second-order valence-corrected chi connectivity index (χ2v) is 4.24. The van der Waals surface area contributed by atoms with Crippen LogP contribution in [-0.4, -0.2) is 16.9 Å². The normalized spacial score (nSPS) is 16.8. The zero-order valence-corrected chi connectivity index (χ0v) is 9.19. The van der Waals surface area contributed by atoms with Crippen LogP contribution in [0.1, 0.15) is 42.1 Å². The number of hydrogen-bond acceptors (Lipinski definition) is 2. The van der Waals surface area contributed by atoms with Gasteiger partial charge in [0, 0.05) is 12.0 Å². The van der Waals surface area contributed by atoms with Gasteiger partial charge in [0.2, 0.25) is 0 Å². The molecular weight excluding hydrogens is 204 g/mol. The van der Waals surface area contributed by atoms with Crippen LogP contribution in [0.5, 0.6) is 0 Å². The Bertz CT molecular complexity index is 427. The van der Waals surface area contributed by atoms with Crippen LogP contribution >= 0.6 is 0 Å². The molecule has 3 nitrogen and oxygen atoms in total. The van der Waals surface area contributed by atoms with Crippen molar-refractivity contribution in [3.8, 4) is 0 Å². The number of carbonyl (C=O) groups is 2. The van der Waals surface area contributed by atoms with E-state index in [9.17, 15) is 9.59 Å². The van der Waals surface area contributed by atoms with Gasteiger partial charge in [-0.2, -0.15) is 0 Å². The molecule has 0 bridgehead atoms. The van der Waals surface area contributed by atoms with Gasteiger partial charge in [-0.15, -0.1) is 0 Å². The molecular formula is C13H14O3. The molecule has 16 heavy (non-hydrogen) atoms. The van der Waals surface area contributed by atoms with Crippen LogP contribution in [0.2, 0.25) is 0 Å². The highest BCUT2D eigenvalue weighted by atomic mass is 16.4. The summed E-state index contributed by atoms with van der Waals surface area (Å²) in [5.41, 5.74) is 0.799. The number of Topliss-reactive ketones (excluding diaryl/α,β-unsaturated/α-hetero) is 1. The molecule has 1 saturated carbocycles. The van der Waals surface area contributed by atoms with E-state index in [0.29, 0.717) is 24.8 Å². The highest BCUT2D eigenvalue weighted by Crippen LogP contribution is 2.48. The van der Waals surface area contributed by atoms with Gasteiger partial charge < -0.3 is 5.11 Å². The number of ketones is 1. The first-order valence-corrected chi connectivity index (χ1v) is 5.47. The summed E-state index contributed by atoms with van der Waals surface area (Å²) in [6.07, 6.45) is 1.87. The maximum atomic E-state index is 11.4. The number of carboxylic acids is 1. The fourth-order valence-corrected chi connectivity index (χ4v) is 1.93. The summed E-state index contributed by atoms with van der Waals surface area (Å²) in [7, 11) is 0. The fraction of sp³-hybridized carbons (Fsp3) is 0.385. The summed E-state index contributed by atoms with van der Waals surface area (Å²) in [6, 6.07) is 6.99. The van der Waals surface area contributed by atoms with E-state index in [-0.39, 0.29) is 5.78 Å². The Morgan fingerprint density at radius 1 is 1.25 bits per heavy atom. The SMILES string of the molecule is CCC(=O)c1ccc(C2(C(=O)O)CC2)cc1. The number of hydrogen-bond donors (Lipinski definition) is 1. The van der Waals surface area contributed by atoms with E-state index in [4.69, 9.17) is 5.11 Å². The predicted octanol–water partition coefficient (Wildman–Crippen LogP) is 2.40. The molecule has 0 spiro atoms. The molecule has 1 aromatic rings. The highest BCUT2D eigenvalue weighted by molar-refractivity contribution is 5.96. The summed E-state index contributed by atoms with van der Waals surface area (Å²) in [5.74, 6) is -0.672. The average Bonchev–Trinajstić information content (AvgIpc) is 3.09. The molecule has 84 valence electrons. The maximum Gasteiger partial charge on any atom is 0.314 e. The predicted molar refractivity (Wildman–Crippen MR) is 59.6 cm³/mol. The highest BCUT2D eigenvalue weighted by Gasteiger charge is 2.51. The minimum absolute atomic E-state index is 0.0896. The Morgan fingerprint density at radius 3 is 2.19 bits per heavy atom. The van der Waals surface area contributed by atoms with Crippen LogP contribution in [0, 0.1) is 0 Å². The number of aliphatic carboxylic acids is 1. The quantitative estimate of drug-likeness (QED) is 0.789. The second kappa shape index (κ2) is 3.74. The van der Waals surface area contributed by atoms with Gasteiger partial charge in [0.25, 0.3) is 0 Å². The molecule has 1 aliphatic carbocycles. The van der Waals surface area contributed by atoms with Gasteiger partial charge in [-0.3, -0.25) is 9.59 Å². The van der Waals surface area contributed by atoms with Crippen LogP contribution in [0.15, 0.2) is 24.3 Å². The summed E-state index contributed by atoms with van der Waals surface area (Å²) in [5, 5.41) is 9.11. The van der Waals surface area contributed by atoms with Gasteiger partial charge in [-0.05, 0) is 18.4 Å². The first-order valence-electron chi connectivity index (χ1n) is 5.47. The van der Waals surface area contributed by atoms with E-state index in [1.165, 1.54) is 0 Å². The number of benzene rings is 1. The van der Waals surface area contributed by atoms with Gasteiger partial charge in [0.05, 0.1) is 5.41 Å². The number of rotatable bonds is 4. The third kappa shape index (κ3) is 1.62. The van der Waals surface area contributed by atoms with Crippen molar-refractivity contribution in [2.45, 2.75) is 31.6 Å². The number of carbonyl (C=O) groups excluding carboxylic acids is 1. The molecule has 1 fully saturated rings. The molecule has 0 heterocycles. The van der Waals surface area contributed by atoms with E-state index in [1.807, 2.05) is 6.92 Å². The third-order valence-corrected chi connectivity index (χ3v) is 3.24. The summed E-state index contributed by atoms with van der Waals surface area (Å²) >= 11 is 0. The molecule has 0 saturated heterocycles. The van der Waals surface area contributed by atoms with E-state index in [0.717, 1.165) is 5.56 Å². The third-order valence-electron chi connectivity index (χ3n) is 3.24. The standard InChI is InChI=1S/C13H14O3/c1-2-11(14)9-3-5-10(6-4-9)13(7-8-13)12(15)16/h3-6H,2,7-8H2,1H3,(H,15,16). The Kier molecular flexibility index (Phi) is 2.54. The molecule has 0 atom stereocenters. The average molecular weight is 218 g/mol. The molecule has 2 rings (SSSR count). The lowest BCUT2D eigenvalue weighted by atomic mass is 9.94. The van der Waals surface area contributed by atoms with Crippen LogP contribution in [-0.2, 0) is 10.2 Å². The Labute approximate surface area is 94.1 Å². The van der Waals surface area contributed by atoms with E-state index in [2.05, 4.69) is 0 Å². The van der Waals surface area contributed by atoms with Crippen LogP contribution in [0.4, 0.5) is 0 Å². The van der Waals surface area contributed by atoms with Gasteiger partial charge in [0.1, 0.15) is 0 Å². The maximum absolute atomic E-state index is 11.4. The lowest BCUT2D eigenvalue weighted by Gasteiger charge is -2.10. The Hall–Kier alpha value is -1.64. The van der Waals surface area contributed by atoms with Crippen molar-refractivity contribution in [1.82, 2.24) is 0 Å². The molecule has 0 radical (unpaired) electrons. The van der Waals surface area contributed by atoms with E-state index in [1.54, 1.807) is 24.3 Å².